The molecular weight excluding hydrogens is 414 g/mol. The molecule has 0 radical (unpaired) electrons. The molecule has 0 saturated heterocycles. The monoisotopic (exact) mass is 445 g/mol. The number of ether oxygens (including phenoxy) is 1. The molecule has 5 nitrogen and oxygen atoms in total. The summed E-state index contributed by atoms with van der Waals surface area (Å²) in [4.78, 5) is 27.3. The van der Waals surface area contributed by atoms with Crippen LogP contribution in [0.2, 0.25) is 0 Å². The predicted octanol–water partition coefficient (Wildman–Crippen LogP) is 5.68. The zero-order valence-electron chi connectivity index (χ0n) is 19.1. The first-order valence-corrected chi connectivity index (χ1v) is 12.3. The van der Waals surface area contributed by atoms with Crippen molar-refractivity contribution in [3.8, 4) is 11.1 Å². The summed E-state index contributed by atoms with van der Waals surface area (Å²) in [6.07, 6.45) is 5.99. The molecule has 172 valence electrons. The molecule has 1 unspecified atom stereocenters. The molecule has 7 rings (SSSR count). The van der Waals surface area contributed by atoms with Gasteiger partial charge in [0, 0.05) is 11.5 Å². The van der Waals surface area contributed by atoms with E-state index in [1.54, 1.807) is 11.8 Å². The molecule has 5 aliphatic rings. The summed E-state index contributed by atoms with van der Waals surface area (Å²) in [6, 6.07) is 15.7. The molecule has 0 heterocycles. The van der Waals surface area contributed by atoms with Gasteiger partial charge in [-0.3, -0.25) is 4.90 Å². The van der Waals surface area contributed by atoms with Crippen LogP contribution in [0, 0.1) is 17.8 Å². The van der Waals surface area contributed by atoms with E-state index in [2.05, 4.69) is 24.3 Å². The zero-order chi connectivity index (χ0) is 22.7. The van der Waals surface area contributed by atoms with Crippen molar-refractivity contribution in [1.82, 2.24) is 4.90 Å². The molecule has 1 amide bonds. The number of hydrogen-bond acceptors (Lipinski definition) is 3. The van der Waals surface area contributed by atoms with Crippen molar-refractivity contribution in [1.29, 1.82) is 0 Å². The van der Waals surface area contributed by atoms with Gasteiger partial charge in [0.1, 0.15) is 12.6 Å². The number of nitrogens with zero attached hydrogens (tertiary/aromatic N) is 1. The molecular formula is C28H31NO4. The third kappa shape index (κ3) is 3.27. The summed E-state index contributed by atoms with van der Waals surface area (Å²) in [5.74, 6) is 0.849. The minimum Gasteiger partial charge on any atom is -0.480 e. The molecule has 1 atom stereocenters. The first kappa shape index (κ1) is 20.8. The van der Waals surface area contributed by atoms with Gasteiger partial charge in [-0.25, -0.2) is 9.59 Å². The van der Waals surface area contributed by atoms with Gasteiger partial charge in [-0.2, -0.15) is 0 Å². The highest BCUT2D eigenvalue weighted by Crippen LogP contribution is 2.58. The zero-order valence-corrected chi connectivity index (χ0v) is 19.1. The molecule has 4 bridgehead atoms. The largest absolute Gasteiger partial charge is 0.480 e. The van der Waals surface area contributed by atoms with Crippen LogP contribution in [0.25, 0.3) is 11.1 Å². The first-order valence-electron chi connectivity index (χ1n) is 12.3. The Morgan fingerprint density at radius 1 is 0.939 bits per heavy atom. The Labute approximate surface area is 194 Å². The topological polar surface area (TPSA) is 66.8 Å². The Morgan fingerprint density at radius 2 is 1.42 bits per heavy atom. The van der Waals surface area contributed by atoms with Crippen molar-refractivity contribution in [3.63, 3.8) is 0 Å². The van der Waals surface area contributed by atoms with E-state index >= 15 is 0 Å². The molecule has 0 aromatic heterocycles. The van der Waals surface area contributed by atoms with Gasteiger partial charge >= 0.3 is 12.1 Å². The van der Waals surface area contributed by atoms with Crippen LogP contribution in [0.4, 0.5) is 4.79 Å². The second-order valence-corrected chi connectivity index (χ2v) is 10.8. The average Bonchev–Trinajstić information content (AvgIpc) is 3.10. The average molecular weight is 446 g/mol. The Balaban J connectivity index is 1.28. The standard InChI is InChI=1S/C28H31NO4/c1-17(26(30)31)29(28-13-18-10-19(14-28)12-20(11-18)15-28)27(32)33-16-25-23-8-4-2-6-21(23)22-7-3-5-9-24(22)25/h2-9,17-20,25H,10-16H2,1H3,(H,30,31). The van der Waals surface area contributed by atoms with Gasteiger partial charge in [-0.15, -0.1) is 0 Å². The van der Waals surface area contributed by atoms with E-state index in [1.807, 2.05) is 24.3 Å². The number of aliphatic carboxylic acids is 1. The van der Waals surface area contributed by atoms with E-state index in [0.29, 0.717) is 17.8 Å². The molecule has 0 aliphatic heterocycles. The quantitative estimate of drug-likeness (QED) is 0.643. The summed E-state index contributed by atoms with van der Waals surface area (Å²) in [6.45, 7) is 1.87. The fourth-order valence-corrected chi connectivity index (χ4v) is 7.90. The number of carboxylic acid groups (broad SMARTS) is 1. The normalized spacial score (nSPS) is 29.9. The molecule has 5 aliphatic carbocycles. The molecule has 2 aromatic rings. The van der Waals surface area contributed by atoms with Crippen molar-refractivity contribution in [2.24, 2.45) is 17.8 Å². The van der Waals surface area contributed by atoms with Gasteiger partial charge in [0.15, 0.2) is 0 Å². The van der Waals surface area contributed by atoms with Crippen LogP contribution < -0.4 is 0 Å². The SMILES string of the molecule is CC(C(=O)O)N(C(=O)OCC1c2ccccc2-c2ccccc21)C12CC3CC(CC(C3)C1)C2. The molecule has 1 N–H and O–H groups in total. The van der Waals surface area contributed by atoms with Crippen molar-refractivity contribution >= 4 is 12.1 Å². The smallest absolute Gasteiger partial charge is 0.411 e. The van der Waals surface area contributed by atoms with Gasteiger partial charge in [0.25, 0.3) is 0 Å². The van der Waals surface area contributed by atoms with Gasteiger partial charge in [0.05, 0.1) is 0 Å². The van der Waals surface area contributed by atoms with E-state index in [0.717, 1.165) is 19.3 Å². The van der Waals surface area contributed by atoms with Crippen LogP contribution in [0.15, 0.2) is 48.5 Å². The first-order chi connectivity index (χ1) is 15.9. The third-order valence-corrected chi connectivity index (χ3v) is 8.79. The molecule has 5 heteroatoms. The minimum absolute atomic E-state index is 0.0281. The second kappa shape index (κ2) is 7.61. The van der Waals surface area contributed by atoms with Gasteiger partial charge < -0.3 is 9.84 Å². The predicted molar refractivity (Wildman–Crippen MR) is 125 cm³/mol. The lowest BCUT2D eigenvalue weighted by Gasteiger charge is -2.60. The summed E-state index contributed by atoms with van der Waals surface area (Å²) in [7, 11) is 0. The highest BCUT2D eigenvalue weighted by molar-refractivity contribution is 5.81. The van der Waals surface area contributed by atoms with Crippen LogP contribution in [-0.4, -0.2) is 40.3 Å². The number of hydrogen-bond donors (Lipinski definition) is 1. The van der Waals surface area contributed by atoms with Crippen molar-refractivity contribution in [2.75, 3.05) is 6.61 Å². The summed E-state index contributed by atoms with van der Waals surface area (Å²) >= 11 is 0. The molecule has 4 fully saturated rings. The van der Waals surface area contributed by atoms with Gasteiger partial charge in [0.2, 0.25) is 0 Å². The maximum Gasteiger partial charge on any atom is 0.411 e. The highest BCUT2D eigenvalue weighted by Gasteiger charge is 2.57. The third-order valence-electron chi connectivity index (χ3n) is 8.79. The summed E-state index contributed by atoms with van der Waals surface area (Å²) in [5, 5.41) is 9.89. The Kier molecular flexibility index (Phi) is 4.79. The number of carbonyl (C=O) groups is 2. The van der Waals surface area contributed by atoms with Gasteiger partial charge in [-0.1, -0.05) is 48.5 Å². The van der Waals surface area contributed by atoms with Crippen molar-refractivity contribution in [2.45, 2.75) is 62.9 Å². The maximum absolute atomic E-state index is 13.6. The fraction of sp³-hybridized carbons (Fsp3) is 0.500. The second-order valence-electron chi connectivity index (χ2n) is 10.8. The van der Waals surface area contributed by atoms with E-state index in [-0.39, 0.29) is 18.1 Å². The summed E-state index contributed by atoms with van der Waals surface area (Å²) in [5.41, 5.74) is 4.34. The maximum atomic E-state index is 13.6. The number of rotatable bonds is 5. The van der Waals surface area contributed by atoms with Crippen LogP contribution in [0.3, 0.4) is 0 Å². The van der Waals surface area contributed by atoms with Crippen molar-refractivity contribution < 1.29 is 19.4 Å². The number of carboxylic acids is 1. The lowest BCUT2D eigenvalue weighted by molar-refractivity contribution is -0.150. The molecule has 2 aromatic carbocycles. The molecule has 4 saturated carbocycles. The van der Waals surface area contributed by atoms with E-state index in [4.69, 9.17) is 4.74 Å². The Bertz CT molecular complexity index is 1030. The lowest BCUT2D eigenvalue weighted by atomic mass is 9.52. The number of carbonyl (C=O) groups excluding carboxylic acids is 1. The lowest BCUT2D eigenvalue weighted by Crippen LogP contribution is -2.65. The summed E-state index contributed by atoms with van der Waals surface area (Å²) < 4.78 is 5.99. The number of amides is 1. The molecule has 0 spiro atoms. The van der Waals surface area contributed by atoms with Crippen LogP contribution in [0.5, 0.6) is 0 Å². The van der Waals surface area contributed by atoms with Gasteiger partial charge in [-0.05, 0) is 85.5 Å². The minimum atomic E-state index is -0.959. The number of benzene rings is 2. The van der Waals surface area contributed by atoms with E-state index in [1.165, 1.54) is 41.5 Å². The van der Waals surface area contributed by atoms with E-state index in [9.17, 15) is 14.7 Å². The number of fused-ring (bicyclic) bond motifs is 3. The van der Waals surface area contributed by atoms with E-state index < -0.39 is 18.1 Å². The Hall–Kier alpha value is -2.82. The molecule has 33 heavy (non-hydrogen) atoms. The van der Waals surface area contributed by atoms with Crippen LogP contribution in [-0.2, 0) is 9.53 Å². The highest BCUT2D eigenvalue weighted by atomic mass is 16.6. The fourth-order valence-electron chi connectivity index (χ4n) is 7.90. The van der Waals surface area contributed by atoms with Crippen LogP contribution in [0.1, 0.15) is 62.5 Å². The Morgan fingerprint density at radius 3 is 1.91 bits per heavy atom. The van der Waals surface area contributed by atoms with Crippen molar-refractivity contribution in [3.05, 3.63) is 59.7 Å². The van der Waals surface area contributed by atoms with Crippen LogP contribution >= 0.6 is 0 Å².